The molecule has 0 saturated carbocycles. The van der Waals surface area contributed by atoms with E-state index >= 15 is 0 Å². The maximum Gasteiger partial charge on any atom is 0.272 e. The van der Waals surface area contributed by atoms with Crippen LogP contribution in [-0.2, 0) is 9.59 Å². The third kappa shape index (κ3) is 4.30. The number of amides is 2. The van der Waals surface area contributed by atoms with Crippen molar-refractivity contribution in [1.82, 2.24) is 15.4 Å². The quantitative estimate of drug-likeness (QED) is 0.511. The van der Waals surface area contributed by atoms with Gasteiger partial charge in [0.1, 0.15) is 6.10 Å². The molecule has 1 aromatic rings. The molecule has 1 aliphatic rings. The molecule has 24 heavy (non-hydrogen) atoms. The van der Waals surface area contributed by atoms with Gasteiger partial charge < -0.3 is 10.0 Å². The molecule has 1 aliphatic heterocycles. The maximum atomic E-state index is 12.8. The molecule has 7 nitrogen and oxygen atoms in total. The topological polar surface area (TPSA) is 103 Å². The second-order valence-corrected chi connectivity index (χ2v) is 6.23. The van der Waals surface area contributed by atoms with Crippen LogP contribution < -0.4 is 5.48 Å². The molecule has 0 spiro atoms. The van der Waals surface area contributed by atoms with Gasteiger partial charge in [-0.25, -0.2) is 5.48 Å². The fourth-order valence-corrected chi connectivity index (χ4v) is 3.17. The fraction of sp³-hybridized carbons (Fsp3) is 0.588. The van der Waals surface area contributed by atoms with Crippen molar-refractivity contribution in [1.29, 1.82) is 0 Å². The highest BCUT2D eigenvalue weighted by atomic mass is 16.5. The second-order valence-electron chi connectivity index (χ2n) is 6.23. The van der Waals surface area contributed by atoms with E-state index in [0.717, 1.165) is 24.8 Å². The van der Waals surface area contributed by atoms with Crippen molar-refractivity contribution in [3.8, 4) is 0 Å². The van der Waals surface area contributed by atoms with Gasteiger partial charge in [0.05, 0.1) is 5.92 Å². The molecule has 2 amide bonds. The van der Waals surface area contributed by atoms with Crippen molar-refractivity contribution >= 4 is 11.8 Å². The molecule has 132 valence electrons. The van der Waals surface area contributed by atoms with Gasteiger partial charge in [-0.05, 0) is 24.5 Å². The predicted octanol–water partition coefficient (Wildman–Crippen LogP) is 1.07. The zero-order valence-electron chi connectivity index (χ0n) is 13.9. The van der Waals surface area contributed by atoms with Gasteiger partial charge in [-0.15, -0.1) is 0 Å². The number of rotatable bonds is 7. The Bertz CT molecular complexity index is 552. The highest BCUT2D eigenvalue weighted by molar-refractivity contribution is 5.88. The number of nitrogens with zero attached hydrogens (tertiary/aromatic N) is 2. The number of unbranched alkanes of at least 4 members (excludes halogenated alkanes) is 1. The lowest BCUT2D eigenvalue weighted by atomic mass is 9.93. The third-order valence-corrected chi connectivity index (χ3v) is 4.60. The van der Waals surface area contributed by atoms with Crippen LogP contribution in [0.25, 0.3) is 0 Å². The van der Waals surface area contributed by atoms with E-state index in [4.69, 9.17) is 5.21 Å². The summed E-state index contributed by atoms with van der Waals surface area (Å²) in [5.74, 6) is -1.78. The summed E-state index contributed by atoms with van der Waals surface area (Å²) in [6, 6.07) is 3.87. The Morgan fingerprint density at radius 2 is 2.29 bits per heavy atom. The fourth-order valence-electron chi connectivity index (χ4n) is 3.17. The first kappa shape index (κ1) is 18.4. The first-order chi connectivity index (χ1) is 11.6. The van der Waals surface area contributed by atoms with Crippen LogP contribution in [0.15, 0.2) is 24.5 Å². The van der Waals surface area contributed by atoms with E-state index in [9.17, 15) is 14.7 Å². The van der Waals surface area contributed by atoms with Gasteiger partial charge in [0, 0.05) is 31.4 Å². The van der Waals surface area contributed by atoms with Crippen LogP contribution in [-0.4, -0.2) is 51.2 Å². The first-order valence-corrected chi connectivity index (χ1v) is 8.39. The first-order valence-electron chi connectivity index (χ1n) is 8.39. The number of likely N-dealkylation sites (tertiary alicyclic amines) is 1. The summed E-state index contributed by atoms with van der Waals surface area (Å²) in [6.45, 7) is 3.13. The van der Waals surface area contributed by atoms with Gasteiger partial charge in [-0.2, -0.15) is 0 Å². The molecule has 1 unspecified atom stereocenters. The van der Waals surface area contributed by atoms with Crippen molar-refractivity contribution in [3.63, 3.8) is 0 Å². The van der Waals surface area contributed by atoms with Crippen LogP contribution in [0.2, 0.25) is 0 Å². The highest BCUT2D eigenvalue weighted by Crippen LogP contribution is 2.29. The summed E-state index contributed by atoms with van der Waals surface area (Å²) in [5, 5.41) is 18.8. The van der Waals surface area contributed by atoms with E-state index in [0.29, 0.717) is 19.5 Å². The molecule has 0 aliphatic carbocycles. The Hall–Kier alpha value is -1.99. The average Bonchev–Trinajstić information content (AvgIpc) is 3.11. The van der Waals surface area contributed by atoms with Gasteiger partial charge >= 0.3 is 0 Å². The average molecular weight is 335 g/mol. The smallest absolute Gasteiger partial charge is 0.272 e. The molecule has 3 N–H and O–H groups in total. The molecule has 7 heteroatoms. The number of aliphatic hydroxyl groups is 1. The maximum absolute atomic E-state index is 12.8. The number of aromatic nitrogens is 1. The minimum Gasteiger partial charge on any atom is -0.382 e. The third-order valence-electron chi connectivity index (χ3n) is 4.60. The number of carbonyl (C=O) groups is 2. The monoisotopic (exact) mass is 335 g/mol. The van der Waals surface area contributed by atoms with Crippen LogP contribution >= 0.6 is 0 Å². The summed E-state index contributed by atoms with van der Waals surface area (Å²) in [4.78, 5) is 30.1. The molecular weight excluding hydrogens is 310 g/mol. The molecule has 2 heterocycles. The van der Waals surface area contributed by atoms with Crippen LogP contribution in [0.1, 0.15) is 44.1 Å². The number of aliphatic hydroxyl groups excluding tert-OH is 1. The molecular formula is C17H25N3O4. The molecule has 3 atom stereocenters. The molecule has 0 radical (unpaired) electrons. The van der Waals surface area contributed by atoms with E-state index in [2.05, 4.69) is 4.98 Å². The minimum absolute atomic E-state index is 0.221. The van der Waals surface area contributed by atoms with E-state index in [-0.39, 0.29) is 11.8 Å². The minimum atomic E-state index is -1.54. The Balaban J connectivity index is 2.05. The van der Waals surface area contributed by atoms with Crippen molar-refractivity contribution in [2.45, 2.75) is 44.6 Å². The largest absolute Gasteiger partial charge is 0.382 e. The Kier molecular flexibility index (Phi) is 6.69. The normalized spacial score (nSPS) is 19.8. The van der Waals surface area contributed by atoms with Gasteiger partial charge in [0.15, 0.2) is 0 Å². The Labute approximate surface area is 141 Å². The zero-order valence-corrected chi connectivity index (χ0v) is 13.9. The lowest BCUT2D eigenvalue weighted by Gasteiger charge is -2.26. The van der Waals surface area contributed by atoms with Gasteiger partial charge in [0.25, 0.3) is 5.91 Å². The SMILES string of the molecule is CCCC[C@@H](C(=O)N1CCC(c2cccnc2)C1)[C@H](O)C(=O)NO. The summed E-state index contributed by atoms with van der Waals surface area (Å²) in [7, 11) is 0. The summed E-state index contributed by atoms with van der Waals surface area (Å²) < 4.78 is 0. The summed E-state index contributed by atoms with van der Waals surface area (Å²) >= 11 is 0. The molecule has 1 fully saturated rings. The van der Waals surface area contributed by atoms with Crippen LogP contribution in [0.3, 0.4) is 0 Å². The van der Waals surface area contributed by atoms with Crippen molar-refractivity contribution < 1.29 is 19.9 Å². The number of carbonyl (C=O) groups excluding carboxylic acids is 2. The van der Waals surface area contributed by atoms with Crippen molar-refractivity contribution in [2.24, 2.45) is 5.92 Å². The molecule has 2 rings (SSSR count). The van der Waals surface area contributed by atoms with E-state index in [1.807, 2.05) is 19.1 Å². The number of nitrogens with one attached hydrogen (secondary N) is 1. The number of hydroxylamine groups is 1. The molecule has 1 saturated heterocycles. The van der Waals surface area contributed by atoms with E-state index < -0.39 is 17.9 Å². The second kappa shape index (κ2) is 8.75. The molecule has 1 aromatic heterocycles. The number of pyridine rings is 1. The number of hydrogen-bond acceptors (Lipinski definition) is 5. The molecule has 0 bridgehead atoms. The molecule has 0 aromatic carbocycles. The van der Waals surface area contributed by atoms with Gasteiger partial charge in [-0.1, -0.05) is 25.8 Å². The van der Waals surface area contributed by atoms with E-state index in [1.165, 1.54) is 5.48 Å². The predicted molar refractivity (Wildman–Crippen MR) is 87.1 cm³/mol. The number of hydrogen-bond donors (Lipinski definition) is 3. The van der Waals surface area contributed by atoms with Crippen molar-refractivity contribution in [3.05, 3.63) is 30.1 Å². The van der Waals surface area contributed by atoms with Crippen LogP contribution in [0.4, 0.5) is 0 Å². The summed E-state index contributed by atoms with van der Waals surface area (Å²) in [6.07, 6.45) is 4.82. The summed E-state index contributed by atoms with van der Waals surface area (Å²) in [5.41, 5.74) is 2.52. The Morgan fingerprint density at radius 3 is 2.92 bits per heavy atom. The Morgan fingerprint density at radius 1 is 1.50 bits per heavy atom. The van der Waals surface area contributed by atoms with Crippen LogP contribution in [0.5, 0.6) is 0 Å². The highest BCUT2D eigenvalue weighted by Gasteiger charge is 2.37. The lowest BCUT2D eigenvalue weighted by Crippen LogP contribution is -2.46. The lowest BCUT2D eigenvalue weighted by molar-refractivity contribution is -0.150. The van der Waals surface area contributed by atoms with Gasteiger partial charge in [0.2, 0.25) is 5.91 Å². The van der Waals surface area contributed by atoms with Crippen molar-refractivity contribution in [2.75, 3.05) is 13.1 Å². The van der Waals surface area contributed by atoms with Crippen LogP contribution in [0, 0.1) is 5.92 Å². The van der Waals surface area contributed by atoms with Gasteiger partial charge in [-0.3, -0.25) is 19.8 Å². The standard InChI is InChI=1S/C17H25N3O4/c1-2-3-6-14(15(21)16(22)19-24)17(23)20-9-7-13(11-20)12-5-4-8-18-10-12/h4-5,8,10,13-15,21,24H,2-3,6-7,9,11H2,1H3,(H,19,22)/t13?,14-,15+/m1/s1. The zero-order chi connectivity index (χ0) is 17.5. The van der Waals surface area contributed by atoms with E-state index in [1.54, 1.807) is 17.3 Å².